The van der Waals surface area contributed by atoms with Gasteiger partial charge in [-0.3, -0.25) is 20.2 Å². The zero-order valence-corrected chi connectivity index (χ0v) is 6.11. The van der Waals surface area contributed by atoms with Crippen molar-refractivity contribution in [1.29, 1.82) is 0 Å². The summed E-state index contributed by atoms with van der Waals surface area (Å²) in [7, 11) is 0. The summed E-state index contributed by atoms with van der Waals surface area (Å²) < 4.78 is 0. The molecule has 11 heavy (non-hydrogen) atoms. The Bertz CT molecular complexity index is 238. The standard InChI is InChI=1S/C4H4N2O4S/c7-5(8)3-1-4(6(9)10)11-2-3/h1,4H,2H2. The van der Waals surface area contributed by atoms with Gasteiger partial charge in [-0.15, -0.1) is 0 Å². The van der Waals surface area contributed by atoms with Crippen molar-refractivity contribution in [3.8, 4) is 0 Å². The van der Waals surface area contributed by atoms with Gasteiger partial charge in [0.2, 0.25) is 0 Å². The monoisotopic (exact) mass is 176 g/mol. The molecule has 1 aliphatic heterocycles. The third-order valence-corrected chi connectivity index (χ3v) is 2.29. The van der Waals surface area contributed by atoms with Gasteiger partial charge in [-0.2, -0.15) is 0 Å². The first-order valence-electron chi connectivity index (χ1n) is 2.71. The van der Waals surface area contributed by atoms with Crippen LogP contribution in [0.4, 0.5) is 0 Å². The van der Waals surface area contributed by atoms with Crippen LogP contribution in [0, 0.1) is 20.2 Å². The van der Waals surface area contributed by atoms with E-state index < -0.39 is 15.2 Å². The molecule has 60 valence electrons. The molecule has 0 aromatic heterocycles. The van der Waals surface area contributed by atoms with E-state index in [0.717, 1.165) is 17.8 Å². The highest BCUT2D eigenvalue weighted by Crippen LogP contribution is 2.25. The summed E-state index contributed by atoms with van der Waals surface area (Å²) in [6.07, 6.45) is 1.07. The fraction of sp³-hybridized carbons (Fsp3) is 0.500. The summed E-state index contributed by atoms with van der Waals surface area (Å²) in [5.41, 5.74) is -0.0725. The summed E-state index contributed by atoms with van der Waals surface area (Å²) >= 11 is 0.954. The highest BCUT2D eigenvalue weighted by atomic mass is 32.2. The summed E-state index contributed by atoms with van der Waals surface area (Å²) in [5, 5.41) is 19.2. The lowest BCUT2D eigenvalue weighted by molar-refractivity contribution is -0.484. The van der Waals surface area contributed by atoms with Gasteiger partial charge in [0.1, 0.15) is 0 Å². The van der Waals surface area contributed by atoms with Crippen LogP contribution in [0.2, 0.25) is 0 Å². The van der Waals surface area contributed by atoms with Gasteiger partial charge in [-0.1, -0.05) is 11.8 Å². The predicted octanol–water partition coefficient (Wildman–Crippen LogP) is 0.497. The Morgan fingerprint density at radius 1 is 1.55 bits per heavy atom. The SMILES string of the molecule is O=[N+]([O-])C1=CC([N+](=O)[O-])SC1. The summed E-state index contributed by atoms with van der Waals surface area (Å²) in [6.45, 7) is 0. The molecule has 6 nitrogen and oxygen atoms in total. The molecule has 0 aliphatic carbocycles. The van der Waals surface area contributed by atoms with Crippen molar-refractivity contribution in [2.45, 2.75) is 5.37 Å². The number of hydrogen-bond acceptors (Lipinski definition) is 5. The molecule has 1 unspecified atom stereocenters. The summed E-state index contributed by atoms with van der Waals surface area (Å²) in [6, 6.07) is 0. The molecular weight excluding hydrogens is 172 g/mol. The van der Waals surface area contributed by atoms with Gasteiger partial charge >= 0.3 is 0 Å². The summed E-state index contributed by atoms with van der Waals surface area (Å²) in [4.78, 5) is 19.0. The Labute approximate surface area is 65.6 Å². The highest BCUT2D eigenvalue weighted by molar-refractivity contribution is 8.00. The van der Waals surface area contributed by atoms with Crippen molar-refractivity contribution in [1.82, 2.24) is 0 Å². The van der Waals surface area contributed by atoms with Gasteiger partial charge in [0.15, 0.2) is 0 Å². The molecule has 1 rings (SSSR count). The Morgan fingerprint density at radius 3 is 2.45 bits per heavy atom. The lowest BCUT2D eigenvalue weighted by Crippen LogP contribution is -2.08. The molecule has 7 heteroatoms. The van der Waals surface area contributed by atoms with E-state index >= 15 is 0 Å². The van der Waals surface area contributed by atoms with Crippen molar-refractivity contribution in [2.24, 2.45) is 0 Å². The number of nitro groups is 2. The van der Waals surface area contributed by atoms with Crippen LogP contribution in [0.25, 0.3) is 0 Å². The maximum Gasteiger partial charge on any atom is 0.283 e. The second-order valence-electron chi connectivity index (χ2n) is 1.90. The van der Waals surface area contributed by atoms with Gasteiger partial charge in [0.05, 0.1) is 16.8 Å². The average Bonchev–Trinajstić information content (AvgIpc) is 2.33. The van der Waals surface area contributed by atoms with Crippen molar-refractivity contribution in [3.63, 3.8) is 0 Å². The zero-order valence-electron chi connectivity index (χ0n) is 5.30. The first-order valence-corrected chi connectivity index (χ1v) is 3.76. The van der Waals surface area contributed by atoms with Crippen LogP contribution in [-0.4, -0.2) is 21.0 Å². The summed E-state index contributed by atoms with van der Waals surface area (Å²) in [5.74, 6) is 0.124. The Morgan fingerprint density at radius 2 is 2.18 bits per heavy atom. The molecule has 1 aliphatic rings. The van der Waals surface area contributed by atoms with E-state index in [0.29, 0.717) is 0 Å². The van der Waals surface area contributed by atoms with E-state index in [2.05, 4.69) is 0 Å². The number of rotatable bonds is 2. The maximum absolute atomic E-state index is 10.1. The van der Waals surface area contributed by atoms with E-state index in [4.69, 9.17) is 0 Å². The van der Waals surface area contributed by atoms with Crippen LogP contribution in [0.3, 0.4) is 0 Å². The Hall–Kier alpha value is -1.11. The van der Waals surface area contributed by atoms with E-state index in [1.165, 1.54) is 0 Å². The predicted molar refractivity (Wildman–Crippen MR) is 38.3 cm³/mol. The Balaban J connectivity index is 2.68. The fourth-order valence-electron chi connectivity index (χ4n) is 0.667. The van der Waals surface area contributed by atoms with Crippen molar-refractivity contribution >= 4 is 11.8 Å². The van der Waals surface area contributed by atoms with E-state index in [1.54, 1.807) is 0 Å². The van der Waals surface area contributed by atoms with Crippen LogP contribution in [-0.2, 0) is 0 Å². The van der Waals surface area contributed by atoms with Crippen LogP contribution in [0.1, 0.15) is 0 Å². The molecule has 1 atom stereocenters. The lowest BCUT2D eigenvalue weighted by atomic mass is 10.4. The molecule has 0 radical (unpaired) electrons. The molecule has 0 aromatic rings. The molecule has 0 bridgehead atoms. The molecule has 0 saturated heterocycles. The molecular formula is C4H4N2O4S. The van der Waals surface area contributed by atoms with Gasteiger partial charge in [-0.25, -0.2) is 0 Å². The smallest absolute Gasteiger partial charge is 0.263 e. The number of thioether (sulfide) groups is 1. The van der Waals surface area contributed by atoms with E-state index in [9.17, 15) is 20.2 Å². The molecule has 0 saturated carbocycles. The minimum atomic E-state index is -0.935. The molecule has 0 fully saturated rings. The van der Waals surface area contributed by atoms with Crippen LogP contribution >= 0.6 is 11.8 Å². The minimum absolute atomic E-state index is 0.0725. The highest BCUT2D eigenvalue weighted by Gasteiger charge is 2.31. The second kappa shape index (κ2) is 2.87. The Kier molecular flexibility index (Phi) is 2.08. The normalized spacial score (nSPS) is 22.9. The average molecular weight is 176 g/mol. The third kappa shape index (κ3) is 1.67. The molecule has 0 aromatic carbocycles. The fourth-order valence-corrected chi connectivity index (χ4v) is 1.59. The quantitative estimate of drug-likeness (QED) is 0.451. The van der Waals surface area contributed by atoms with Gasteiger partial charge < -0.3 is 0 Å². The van der Waals surface area contributed by atoms with Crippen LogP contribution in [0.5, 0.6) is 0 Å². The van der Waals surface area contributed by atoms with E-state index in [1.807, 2.05) is 0 Å². The zero-order chi connectivity index (χ0) is 8.43. The van der Waals surface area contributed by atoms with Crippen LogP contribution < -0.4 is 0 Å². The largest absolute Gasteiger partial charge is 0.283 e. The molecule has 1 heterocycles. The van der Waals surface area contributed by atoms with Crippen molar-refractivity contribution in [2.75, 3.05) is 5.75 Å². The van der Waals surface area contributed by atoms with Gasteiger partial charge in [0, 0.05) is 4.92 Å². The van der Waals surface area contributed by atoms with Crippen molar-refractivity contribution in [3.05, 3.63) is 32.0 Å². The maximum atomic E-state index is 10.1. The van der Waals surface area contributed by atoms with Gasteiger partial charge in [0.25, 0.3) is 11.1 Å². The first-order chi connectivity index (χ1) is 5.11. The molecule has 0 amide bonds. The number of hydrogen-bond donors (Lipinski definition) is 0. The molecule has 0 N–H and O–H groups in total. The van der Waals surface area contributed by atoms with Gasteiger partial charge in [-0.05, 0) is 0 Å². The molecule has 0 spiro atoms. The van der Waals surface area contributed by atoms with Crippen LogP contribution in [0.15, 0.2) is 11.8 Å². The van der Waals surface area contributed by atoms with Crippen molar-refractivity contribution < 1.29 is 9.85 Å². The number of nitrogens with zero attached hydrogens (tertiary/aromatic N) is 2. The minimum Gasteiger partial charge on any atom is -0.263 e. The second-order valence-corrected chi connectivity index (χ2v) is 3.01. The lowest BCUT2D eigenvalue weighted by Gasteiger charge is -1.91. The first kappa shape index (κ1) is 7.99. The van der Waals surface area contributed by atoms with E-state index in [-0.39, 0.29) is 11.4 Å². The third-order valence-electron chi connectivity index (χ3n) is 1.18. The topological polar surface area (TPSA) is 86.3 Å².